The van der Waals surface area contributed by atoms with Crippen LogP contribution in [0.25, 0.3) is 44.3 Å². The molecule has 4 nitrogen and oxygen atoms in total. The van der Waals surface area contributed by atoms with Crippen LogP contribution in [0.3, 0.4) is 0 Å². The lowest BCUT2D eigenvalue weighted by Crippen LogP contribution is -1.98. The number of aromatic nitrogens is 2. The average molecular weight is 503 g/mol. The van der Waals surface area contributed by atoms with Crippen LogP contribution in [-0.2, 0) is 0 Å². The van der Waals surface area contributed by atoms with Crippen molar-refractivity contribution in [1.82, 2.24) is 9.97 Å². The third-order valence-electron chi connectivity index (χ3n) is 7.40. The molecule has 5 aromatic rings. The van der Waals surface area contributed by atoms with E-state index in [1.807, 2.05) is 0 Å². The molecule has 6 heterocycles. The molecule has 0 fully saturated rings. The summed E-state index contributed by atoms with van der Waals surface area (Å²) in [6.07, 6.45) is 9.82. The first kappa shape index (κ1) is 24.4. The quantitative estimate of drug-likeness (QED) is 0.198. The summed E-state index contributed by atoms with van der Waals surface area (Å²) in [5, 5.41) is 2.17. The Bertz CT molecular complexity index is 1390. The van der Waals surface area contributed by atoms with E-state index in [1.165, 1.54) is 38.5 Å². The molecule has 2 aromatic heterocycles. The maximum Gasteiger partial charge on any atom is 0.119 e. The molecule has 9 rings (SSSR count). The summed E-state index contributed by atoms with van der Waals surface area (Å²) < 4.78 is 12.0. The number of hydrogen-bond acceptors (Lipinski definition) is 4. The van der Waals surface area contributed by atoms with E-state index in [0.29, 0.717) is 0 Å². The predicted octanol–water partition coefficient (Wildman–Crippen LogP) is 9.01. The molecule has 0 amide bonds. The summed E-state index contributed by atoms with van der Waals surface area (Å²) in [7, 11) is 0. The lowest BCUT2D eigenvalue weighted by Gasteiger charge is -2.10. The molecule has 38 heavy (non-hydrogen) atoms. The highest BCUT2D eigenvalue weighted by atomic mass is 16.5. The first-order chi connectivity index (χ1) is 18.8. The van der Waals surface area contributed by atoms with Crippen molar-refractivity contribution in [3.8, 4) is 34.0 Å². The van der Waals surface area contributed by atoms with Crippen molar-refractivity contribution < 1.29 is 9.47 Å². The van der Waals surface area contributed by atoms with Gasteiger partial charge in [0.2, 0.25) is 0 Å². The fourth-order valence-electron chi connectivity index (χ4n) is 5.18. The van der Waals surface area contributed by atoms with E-state index in [9.17, 15) is 0 Å². The first-order valence-electron chi connectivity index (χ1n) is 14.0. The molecule has 0 unspecified atom stereocenters. The number of pyridine rings is 2. The van der Waals surface area contributed by atoms with Crippen LogP contribution in [0.15, 0.2) is 84.9 Å². The van der Waals surface area contributed by atoms with Gasteiger partial charge in [0, 0.05) is 21.9 Å². The van der Waals surface area contributed by atoms with Gasteiger partial charge in [0.25, 0.3) is 0 Å². The zero-order valence-electron chi connectivity index (χ0n) is 21.9. The van der Waals surface area contributed by atoms with Gasteiger partial charge in [-0.2, -0.15) is 0 Å². The molecule has 0 saturated carbocycles. The maximum absolute atomic E-state index is 6.00. The second-order valence-electron chi connectivity index (χ2n) is 10.2. The molecule has 0 N–H and O–H groups in total. The monoisotopic (exact) mass is 502 g/mol. The highest BCUT2D eigenvalue weighted by Crippen LogP contribution is 2.30. The van der Waals surface area contributed by atoms with Crippen molar-refractivity contribution in [2.75, 3.05) is 13.2 Å². The minimum atomic E-state index is 0.769. The van der Waals surface area contributed by atoms with Gasteiger partial charge in [-0.25, -0.2) is 9.97 Å². The summed E-state index contributed by atoms with van der Waals surface area (Å²) in [6, 6.07) is 29.3. The lowest BCUT2D eigenvalue weighted by molar-refractivity contribution is 0.301. The Morgan fingerprint density at radius 2 is 0.763 bits per heavy atom. The fraction of sp³-hybridized carbons (Fsp3) is 0.294. The van der Waals surface area contributed by atoms with Gasteiger partial charge in [0.15, 0.2) is 0 Å². The second-order valence-corrected chi connectivity index (χ2v) is 10.2. The van der Waals surface area contributed by atoms with E-state index in [-0.39, 0.29) is 0 Å². The SMILES string of the molecule is c1cc2ccc1OCCCCCCCCCCOc1ccc(cc1)-c1ccc3ccc4ccc-2nc4c3n1. The molecule has 4 heteroatoms. The average Bonchev–Trinajstić information content (AvgIpc) is 2.97. The molecule has 0 radical (unpaired) electrons. The normalized spacial score (nSPS) is 15.3. The molecular weight excluding hydrogens is 468 g/mol. The van der Waals surface area contributed by atoms with Crippen molar-refractivity contribution in [2.45, 2.75) is 51.4 Å². The van der Waals surface area contributed by atoms with Crippen molar-refractivity contribution in [1.29, 1.82) is 0 Å². The lowest BCUT2D eigenvalue weighted by atomic mass is 10.1. The van der Waals surface area contributed by atoms with Crippen molar-refractivity contribution >= 4 is 21.8 Å². The summed E-state index contributed by atoms with van der Waals surface area (Å²) in [5.41, 5.74) is 5.86. The standard InChI is InChI=1S/C34H34N2O2/c1-2-4-6-8-24-38-30-19-13-26(14-20-30)32-22-16-28-10-9-27-15-21-31(35-33(27)34(28)36-32)25-11-17-29(18-12-25)37-23-7-5-3-1/h9-22H,1-8,23-24H2. The van der Waals surface area contributed by atoms with Crippen LogP contribution in [-0.4, -0.2) is 23.2 Å². The molecule has 0 atom stereocenters. The van der Waals surface area contributed by atoms with Crippen LogP contribution in [0, 0.1) is 0 Å². The summed E-state index contributed by atoms with van der Waals surface area (Å²) in [6.45, 7) is 1.54. The fourth-order valence-corrected chi connectivity index (χ4v) is 5.18. The number of ether oxygens (including phenoxy) is 2. The molecular formula is C34H34N2O2. The Balaban J connectivity index is 1.34. The summed E-state index contributed by atoms with van der Waals surface area (Å²) in [5.74, 6) is 1.84. The van der Waals surface area contributed by atoms with E-state index in [4.69, 9.17) is 19.4 Å². The third-order valence-corrected chi connectivity index (χ3v) is 7.40. The Kier molecular flexibility index (Phi) is 7.48. The van der Waals surface area contributed by atoms with E-state index in [2.05, 4.69) is 84.9 Å². The van der Waals surface area contributed by atoms with Crippen molar-refractivity contribution in [3.63, 3.8) is 0 Å². The number of nitrogens with zero attached hydrogens (tertiary/aromatic N) is 2. The van der Waals surface area contributed by atoms with E-state index >= 15 is 0 Å². The van der Waals surface area contributed by atoms with Gasteiger partial charge in [-0.15, -0.1) is 0 Å². The van der Waals surface area contributed by atoms with E-state index in [0.717, 1.165) is 81.9 Å². The summed E-state index contributed by atoms with van der Waals surface area (Å²) >= 11 is 0. The van der Waals surface area contributed by atoms with Crippen molar-refractivity contribution in [3.05, 3.63) is 84.9 Å². The largest absolute Gasteiger partial charge is 0.494 e. The first-order valence-corrected chi connectivity index (χ1v) is 14.0. The van der Waals surface area contributed by atoms with Crippen LogP contribution in [0.4, 0.5) is 0 Å². The zero-order chi connectivity index (χ0) is 25.6. The Labute approximate surface area is 224 Å². The van der Waals surface area contributed by atoms with Crippen LogP contribution in [0.2, 0.25) is 0 Å². The minimum absolute atomic E-state index is 0.769. The highest BCUT2D eigenvalue weighted by molar-refractivity contribution is 6.04. The van der Waals surface area contributed by atoms with Gasteiger partial charge in [-0.1, -0.05) is 62.8 Å². The van der Waals surface area contributed by atoms with Crippen LogP contribution >= 0.6 is 0 Å². The molecule has 8 bridgehead atoms. The van der Waals surface area contributed by atoms with Gasteiger partial charge in [0.1, 0.15) is 11.5 Å². The molecule has 4 aliphatic heterocycles. The topological polar surface area (TPSA) is 44.2 Å². The maximum atomic E-state index is 6.00. The smallest absolute Gasteiger partial charge is 0.119 e. The Morgan fingerprint density at radius 3 is 1.18 bits per heavy atom. The van der Waals surface area contributed by atoms with Gasteiger partial charge in [-0.05, 0) is 73.5 Å². The zero-order valence-corrected chi connectivity index (χ0v) is 21.9. The molecule has 0 aliphatic carbocycles. The Hall–Kier alpha value is -3.92. The van der Waals surface area contributed by atoms with Gasteiger partial charge in [-0.3, -0.25) is 0 Å². The molecule has 4 aliphatic rings. The Morgan fingerprint density at radius 1 is 0.395 bits per heavy atom. The summed E-state index contributed by atoms with van der Waals surface area (Å²) in [4.78, 5) is 10.1. The predicted molar refractivity (Wildman–Crippen MR) is 156 cm³/mol. The van der Waals surface area contributed by atoms with Crippen LogP contribution in [0.1, 0.15) is 51.4 Å². The van der Waals surface area contributed by atoms with Crippen LogP contribution in [0.5, 0.6) is 11.5 Å². The molecule has 192 valence electrons. The number of rotatable bonds is 0. The molecule has 0 saturated heterocycles. The minimum Gasteiger partial charge on any atom is -0.494 e. The van der Waals surface area contributed by atoms with Gasteiger partial charge in [0.05, 0.1) is 35.6 Å². The van der Waals surface area contributed by atoms with Gasteiger partial charge >= 0.3 is 0 Å². The molecule has 0 spiro atoms. The van der Waals surface area contributed by atoms with Crippen LogP contribution < -0.4 is 9.47 Å². The number of hydrogen-bond donors (Lipinski definition) is 0. The number of benzene rings is 3. The molecule has 3 aromatic carbocycles. The van der Waals surface area contributed by atoms with E-state index in [1.54, 1.807) is 0 Å². The van der Waals surface area contributed by atoms with Crippen molar-refractivity contribution in [2.24, 2.45) is 0 Å². The second kappa shape index (κ2) is 11.6. The highest BCUT2D eigenvalue weighted by Gasteiger charge is 2.09. The van der Waals surface area contributed by atoms with Gasteiger partial charge < -0.3 is 9.47 Å². The third kappa shape index (κ3) is 5.65. The van der Waals surface area contributed by atoms with E-state index < -0.39 is 0 Å².